The summed E-state index contributed by atoms with van der Waals surface area (Å²) in [5.41, 5.74) is -1.41. The van der Waals surface area contributed by atoms with Gasteiger partial charge < -0.3 is 14.0 Å². The molecule has 2 rings (SSSR count). The first kappa shape index (κ1) is 11.4. The van der Waals surface area contributed by atoms with Crippen molar-refractivity contribution < 1.29 is 21.6 Å². The van der Waals surface area contributed by atoms with Crippen LogP contribution in [0.1, 0.15) is 40.9 Å². The van der Waals surface area contributed by atoms with Gasteiger partial charge in [0, 0.05) is 6.17 Å². The first-order valence-corrected chi connectivity index (χ1v) is 5.88. The Morgan fingerprint density at radius 2 is 1.89 bits per heavy atom. The molecule has 0 unspecified atom stereocenters. The monoisotopic (exact) mass is 266 g/mol. The quantitative estimate of drug-likeness (QED) is 0.575. The second-order valence-electron chi connectivity index (χ2n) is 5.26. The van der Waals surface area contributed by atoms with Crippen LogP contribution in [0.5, 0.6) is 0 Å². The highest BCUT2D eigenvalue weighted by atomic mass is 16.7. The molecule has 1 aliphatic rings. The summed E-state index contributed by atoms with van der Waals surface area (Å²) in [5, 5.41) is 0. The van der Waals surface area contributed by atoms with E-state index in [1.54, 1.807) is 0 Å². The van der Waals surface area contributed by atoms with Gasteiger partial charge in [-0.25, -0.2) is 9.78 Å². The van der Waals surface area contributed by atoms with Gasteiger partial charge in [0.15, 0.2) is 5.69 Å². The molecule has 0 N–H and O–H groups in total. The molecule has 0 bridgehead atoms. The van der Waals surface area contributed by atoms with E-state index in [0.29, 0.717) is 0 Å². The number of rotatable bonds is 2. The first-order valence-electron chi connectivity index (χ1n) is 6.88. The molecule has 2 heterocycles. The molecule has 6 nitrogen and oxygen atoms in total. The lowest BCUT2D eigenvalue weighted by molar-refractivity contribution is 0.00578. The Kier molecular flexibility index (Phi) is 2.74. The molecule has 0 aromatic carbocycles. The van der Waals surface area contributed by atoms with E-state index in [-0.39, 0.29) is 17.5 Å². The number of hydrogen-bond donors (Lipinski definition) is 0. The maximum atomic E-state index is 11.6. The highest BCUT2D eigenvalue weighted by molar-refractivity contribution is 6.61. The summed E-state index contributed by atoms with van der Waals surface area (Å²) in [5.74, 6) is -0.787. The van der Waals surface area contributed by atoms with Crippen molar-refractivity contribution in [3.05, 3.63) is 18.0 Å². The van der Waals surface area contributed by atoms with Gasteiger partial charge in [0.05, 0.1) is 32.8 Å². The third-order valence-electron chi connectivity index (χ3n) is 3.42. The van der Waals surface area contributed by atoms with Crippen LogP contribution >= 0.6 is 0 Å². The van der Waals surface area contributed by atoms with E-state index >= 15 is 0 Å². The fourth-order valence-electron chi connectivity index (χ4n) is 1.56. The van der Waals surface area contributed by atoms with Gasteiger partial charge in [-0.1, -0.05) is 0 Å². The zero-order valence-electron chi connectivity index (χ0n) is 13.6. The molecule has 1 aromatic rings. The second-order valence-corrected chi connectivity index (χ2v) is 5.26. The minimum absolute atomic E-state index is 0.0602. The Bertz CT molecular complexity index is 579. The molecule has 0 saturated carbocycles. The van der Waals surface area contributed by atoms with Crippen molar-refractivity contribution in [1.82, 2.24) is 9.97 Å². The SMILES string of the molecule is [2H]c1nc([2H])c(C(=O)OC)nc1B1OC(C)(C)C(C)(C)O1. The van der Waals surface area contributed by atoms with Crippen LogP contribution in [0, 0.1) is 0 Å². The maximum Gasteiger partial charge on any atom is 0.516 e. The summed E-state index contributed by atoms with van der Waals surface area (Å²) < 4.78 is 31.5. The molecular weight excluding hydrogens is 247 g/mol. The number of esters is 1. The van der Waals surface area contributed by atoms with Gasteiger partial charge >= 0.3 is 13.1 Å². The summed E-state index contributed by atoms with van der Waals surface area (Å²) in [4.78, 5) is 19.3. The van der Waals surface area contributed by atoms with Crippen LogP contribution in [-0.4, -0.2) is 41.4 Å². The minimum Gasteiger partial charge on any atom is -0.464 e. The maximum absolute atomic E-state index is 11.6. The van der Waals surface area contributed by atoms with E-state index in [2.05, 4.69) is 14.7 Å². The molecule has 1 fully saturated rings. The standard InChI is InChI=1S/C12H17BN2O4/c1-11(2)12(3,4)19-13(18-11)9-7-14-6-8(15-9)10(16)17-5/h6-7H,1-5H3/i6D,7D. The molecule has 19 heavy (non-hydrogen) atoms. The summed E-state index contributed by atoms with van der Waals surface area (Å²) >= 11 is 0. The number of hydrogen-bond acceptors (Lipinski definition) is 6. The first-order chi connectivity index (χ1) is 9.59. The largest absolute Gasteiger partial charge is 0.516 e. The lowest BCUT2D eigenvalue weighted by Crippen LogP contribution is -2.41. The van der Waals surface area contributed by atoms with Crippen LogP contribution in [0.2, 0.25) is 0 Å². The summed E-state index contributed by atoms with van der Waals surface area (Å²) in [7, 11) is 0.269. The Morgan fingerprint density at radius 1 is 1.32 bits per heavy atom. The molecule has 0 radical (unpaired) electrons. The normalized spacial score (nSPS) is 21.8. The van der Waals surface area contributed by atoms with Crippen molar-refractivity contribution in [3.63, 3.8) is 0 Å². The lowest BCUT2D eigenvalue weighted by atomic mass is 9.85. The minimum atomic E-state index is -0.918. The fraction of sp³-hybridized carbons (Fsp3) is 0.583. The molecule has 7 heteroatoms. The van der Waals surface area contributed by atoms with Crippen LogP contribution in [0.4, 0.5) is 0 Å². The topological polar surface area (TPSA) is 70.5 Å². The molecule has 1 saturated heterocycles. The summed E-state index contributed by atoms with van der Waals surface area (Å²) in [6.45, 7) is 7.46. The number of carbonyl (C=O) groups is 1. The van der Waals surface area contributed by atoms with E-state index in [9.17, 15) is 4.79 Å². The number of ether oxygens (including phenoxy) is 1. The van der Waals surface area contributed by atoms with Gasteiger partial charge in [0.25, 0.3) is 0 Å². The molecule has 0 aliphatic carbocycles. The van der Waals surface area contributed by atoms with Crippen molar-refractivity contribution in [2.75, 3.05) is 7.11 Å². The smallest absolute Gasteiger partial charge is 0.464 e. The Morgan fingerprint density at radius 3 is 2.42 bits per heavy atom. The number of aromatic nitrogens is 2. The van der Waals surface area contributed by atoms with Gasteiger partial charge in [-0.2, -0.15) is 0 Å². The van der Waals surface area contributed by atoms with Crippen LogP contribution in [0.25, 0.3) is 0 Å². The van der Waals surface area contributed by atoms with Crippen molar-refractivity contribution in [1.29, 1.82) is 0 Å². The molecular formula is C12H17BN2O4. The third-order valence-corrected chi connectivity index (χ3v) is 3.42. The van der Waals surface area contributed by atoms with Crippen molar-refractivity contribution in [3.8, 4) is 0 Å². The highest BCUT2D eigenvalue weighted by Gasteiger charge is 2.52. The lowest BCUT2D eigenvalue weighted by Gasteiger charge is -2.32. The van der Waals surface area contributed by atoms with Gasteiger partial charge in [0.2, 0.25) is 0 Å². The average Bonchev–Trinajstić information content (AvgIpc) is 2.57. The van der Waals surface area contributed by atoms with Gasteiger partial charge in [-0.3, -0.25) is 4.98 Å². The third kappa shape index (κ3) is 2.48. The molecule has 102 valence electrons. The van der Waals surface area contributed by atoms with Crippen LogP contribution in [0.3, 0.4) is 0 Å². The number of nitrogens with zero attached hydrogens (tertiary/aromatic N) is 2. The van der Waals surface area contributed by atoms with Crippen molar-refractivity contribution in [2.24, 2.45) is 0 Å². The van der Waals surface area contributed by atoms with Crippen LogP contribution in [0.15, 0.2) is 12.3 Å². The van der Waals surface area contributed by atoms with E-state index in [1.165, 1.54) is 7.11 Å². The molecule has 0 atom stereocenters. The van der Waals surface area contributed by atoms with Crippen LogP contribution in [-0.2, 0) is 14.0 Å². The van der Waals surface area contributed by atoms with Gasteiger partial charge in [-0.15, -0.1) is 0 Å². The fourth-order valence-corrected chi connectivity index (χ4v) is 1.56. The zero-order chi connectivity index (χ0) is 16.0. The van der Waals surface area contributed by atoms with Crippen molar-refractivity contribution in [2.45, 2.75) is 38.9 Å². The Labute approximate surface area is 115 Å². The number of methoxy groups -OCH3 is 1. The summed E-state index contributed by atoms with van der Waals surface area (Å²) in [6.07, 6.45) is -0.668. The molecule has 1 aliphatic heterocycles. The molecule has 0 amide bonds. The Hall–Kier alpha value is -1.47. The second kappa shape index (κ2) is 4.57. The van der Waals surface area contributed by atoms with Gasteiger partial charge in [0.1, 0.15) is 0 Å². The van der Waals surface area contributed by atoms with E-state index in [1.807, 2.05) is 27.7 Å². The molecule has 1 aromatic heterocycles. The van der Waals surface area contributed by atoms with E-state index < -0.39 is 30.5 Å². The summed E-state index contributed by atoms with van der Waals surface area (Å²) in [6, 6.07) is 0. The predicted octanol–water partition coefficient (Wildman–Crippen LogP) is 0.562. The Balaban J connectivity index is 2.44. The van der Waals surface area contributed by atoms with Crippen LogP contribution < -0.4 is 5.59 Å². The zero-order valence-corrected chi connectivity index (χ0v) is 11.6. The average molecular weight is 266 g/mol. The van der Waals surface area contributed by atoms with Crippen molar-refractivity contribution >= 4 is 18.7 Å². The number of carbonyl (C=O) groups excluding carboxylic acids is 1. The highest BCUT2D eigenvalue weighted by Crippen LogP contribution is 2.36. The van der Waals surface area contributed by atoms with E-state index in [4.69, 9.17) is 12.1 Å². The predicted molar refractivity (Wildman–Crippen MR) is 69.1 cm³/mol. The van der Waals surface area contributed by atoms with E-state index in [0.717, 1.165) is 0 Å². The molecule has 0 spiro atoms. The van der Waals surface area contributed by atoms with Gasteiger partial charge in [-0.05, 0) is 27.7 Å².